The van der Waals surface area contributed by atoms with E-state index in [9.17, 15) is 0 Å². The first kappa shape index (κ1) is 14.2. The summed E-state index contributed by atoms with van der Waals surface area (Å²) in [5, 5.41) is 4.75. The predicted molar refractivity (Wildman–Crippen MR) is 87.1 cm³/mol. The molecule has 0 atom stereocenters. The van der Waals surface area contributed by atoms with Crippen LogP contribution in [0.2, 0.25) is 0 Å². The first-order chi connectivity index (χ1) is 9.42. The van der Waals surface area contributed by atoms with Crippen molar-refractivity contribution in [3.8, 4) is 0 Å². The van der Waals surface area contributed by atoms with E-state index in [4.69, 9.17) is 0 Å². The van der Waals surface area contributed by atoms with Gasteiger partial charge in [0, 0.05) is 23.8 Å². The van der Waals surface area contributed by atoms with Crippen molar-refractivity contribution in [1.82, 2.24) is 4.98 Å². The molecule has 0 amide bonds. The van der Waals surface area contributed by atoms with Crippen LogP contribution in [-0.4, -0.2) is 23.5 Å². The molecule has 0 unspecified atom stereocenters. The summed E-state index contributed by atoms with van der Waals surface area (Å²) < 4.78 is 0. The Hall–Kier alpha value is -1.22. The highest BCUT2D eigenvalue weighted by atomic mass is 32.2. The van der Waals surface area contributed by atoms with Crippen molar-refractivity contribution in [2.75, 3.05) is 23.9 Å². The van der Waals surface area contributed by atoms with Crippen LogP contribution >= 0.6 is 11.8 Å². The molecule has 1 N–H and O–H groups in total. The summed E-state index contributed by atoms with van der Waals surface area (Å²) in [7, 11) is 0. The van der Waals surface area contributed by atoms with Gasteiger partial charge in [0.25, 0.3) is 0 Å². The molecule has 2 nitrogen and oxygen atoms in total. The molecule has 0 aliphatic rings. The lowest BCUT2D eigenvalue weighted by Crippen LogP contribution is -2.02. The third-order valence-electron chi connectivity index (χ3n) is 3.24. The Morgan fingerprint density at radius 2 is 1.89 bits per heavy atom. The van der Waals surface area contributed by atoms with Crippen molar-refractivity contribution < 1.29 is 0 Å². The van der Waals surface area contributed by atoms with Gasteiger partial charge in [0.05, 0.1) is 5.52 Å². The SMILES string of the molecule is CSCCCCCCNc1ccnc2ccccc12. The lowest BCUT2D eigenvalue weighted by atomic mass is 10.1. The normalized spacial score (nSPS) is 10.8. The van der Waals surface area contributed by atoms with E-state index in [0.717, 1.165) is 12.1 Å². The number of aromatic nitrogens is 1. The third kappa shape index (κ3) is 4.43. The van der Waals surface area contributed by atoms with Gasteiger partial charge in [-0.2, -0.15) is 11.8 Å². The first-order valence-corrected chi connectivity index (χ1v) is 8.38. The summed E-state index contributed by atoms with van der Waals surface area (Å²) >= 11 is 1.94. The Balaban J connectivity index is 1.78. The van der Waals surface area contributed by atoms with Crippen molar-refractivity contribution in [3.63, 3.8) is 0 Å². The topological polar surface area (TPSA) is 24.9 Å². The molecule has 1 heterocycles. The summed E-state index contributed by atoms with van der Waals surface area (Å²) in [5.74, 6) is 1.29. The Kier molecular flexibility index (Phi) is 6.02. The number of nitrogens with one attached hydrogen (secondary N) is 1. The molecular formula is C16H22N2S. The Labute approximate surface area is 120 Å². The van der Waals surface area contributed by atoms with Crippen LogP contribution in [0.25, 0.3) is 10.9 Å². The van der Waals surface area contributed by atoms with Crippen LogP contribution in [0.5, 0.6) is 0 Å². The quantitative estimate of drug-likeness (QED) is 0.714. The molecule has 0 saturated carbocycles. The van der Waals surface area contributed by atoms with E-state index < -0.39 is 0 Å². The summed E-state index contributed by atoms with van der Waals surface area (Å²) in [5.41, 5.74) is 2.27. The molecule has 0 fully saturated rings. The minimum absolute atomic E-state index is 1.05. The van der Waals surface area contributed by atoms with Crippen LogP contribution in [0, 0.1) is 0 Å². The van der Waals surface area contributed by atoms with Gasteiger partial charge in [0.15, 0.2) is 0 Å². The smallest absolute Gasteiger partial charge is 0.0722 e. The highest BCUT2D eigenvalue weighted by molar-refractivity contribution is 7.98. The maximum atomic E-state index is 4.38. The molecule has 1 aromatic heterocycles. The molecule has 3 heteroatoms. The summed E-state index contributed by atoms with van der Waals surface area (Å²) in [6, 6.07) is 10.4. The maximum Gasteiger partial charge on any atom is 0.0722 e. The zero-order chi connectivity index (χ0) is 13.3. The predicted octanol–water partition coefficient (Wildman–Crippen LogP) is 4.57. The zero-order valence-corrected chi connectivity index (χ0v) is 12.4. The van der Waals surface area contributed by atoms with Crippen molar-refractivity contribution in [3.05, 3.63) is 36.5 Å². The molecular weight excluding hydrogens is 252 g/mol. The van der Waals surface area contributed by atoms with E-state index in [1.54, 1.807) is 0 Å². The van der Waals surface area contributed by atoms with Gasteiger partial charge in [-0.3, -0.25) is 4.98 Å². The second-order valence-corrected chi connectivity index (χ2v) is 5.70. The lowest BCUT2D eigenvalue weighted by molar-refractivity contribution is 0.689. The second kappa shape index (κ2) is 8.05. The first-order valence-electron chi connectivity index (χ1n) is 6.98. The number of benzene rings is 1. The fourth-order valence-corrected chi connectivity index (χ4v) is 2.69. The molecule has 2 rings (SSSR count). The molecule has 0 radical (unpaired) electrons. The molecule has 0 spiro atoms. The lowest BCUT2D eigenvalue weighted by Gasteiger charge is -2.09. The second-order valence-electron chi connectivity index (χ2n) is 4.71. The molecule has 0 bridgehead atoms. The van der Waals surface area contributed by atoms with Gasteiger partial charge in [0.2, 0.25) is 0 Å². The Bertz CT molecular complexity index is 494. The van der Waals surface area contributed by atoms with Crippen LogP contribution in [0.4, 0.5) is 5.69 Å². The van der Waals surface area contributed by atoms with Crippen LogP contribution < -0.4 is 5.32 Å². The summed E-state index contributed by atoms with van der Waals surface area (Å²) in [6.45, 7) is 1.05. The fourth-order valence-electron chi connectivity index (χ4n) is 2.20. The number of nitrogens with zero attached hydrogens (tertiary/aromatic N) is 1. The van der Waals surface area contributed by atoms with E-state index in [2.05, 4.69) is 40.8 Å². The Morgan fingerprint density at radius 3 is 2.79 bits per heavy atom. The van der Waals surface area contributed by atoms with Gasteiger partial charge in [-0.15, -0.1) is 0 Å². The minimum Gasteiger partial charge on any atom is -0.384 e. The van der Waals surface area contributed by atoms with Crippen LogP contribution in [0.1, 0.15) is 25.7 Å². The van der Waals surface area contributed by atoms with Crippen LogP contribution in [0.3, 0.4) is 0 Å². The van der Waals surface area contributed by atoms with Gasteiger partial charge in [-0.1, -0.05) is 31.0 Å². The standard InChI is InChI=1S/C16H22N2S/c1-19-13-7-3-2-6-11-17-16-10-12-18-15-9-5-4-8-14(15)16/h4-5,8-10,12H,2-3,6-7,11,13H2,1H3,(H,17,18). The molecule has 102 valence electrons. The van der Waals surface area contributed by atoms with Crippen molar-refractivity contribution in [2.24, 2.45) is 0 Å². The van der Waals surface area contributed by atoms with Crippen molar-refractivity contribution in [2.45, 2.75) is 25.7 Å². The van der Waals surface area contributed by atoms with Crippen LogP contribution in [0.15, 0.2) is 36.5 Å². The average molecular weight is 274 g/mol. The summed E-state index contributed by atoms with van der Waals surface area (Å²) in [6.07, 6.45) is 9.31. The number of anilines is 1. The minimum atomic E-state index is 1.05. The van der Waals surface area contributed by atoms with E-state index in [-0.39, 0.29) is 0 Å². The molecule has 0 aliphatic carbocycles. The largest absolute Gasteiger partial charge is 0.384 e. The number of hydrogen-bond acceptors (Lipinski definition) is 3. The number of thioether (sulfide) groups is 1. The molecule has 2 aromatic rings. The van der Waals surface area contributed by atoms with Crippen LogP contribution in [-0.2, 0) is 0 Å². The third-order valence-corrected chi connectivity index (χ3v) is 3.94. The van der Waals surface area contributed by atoms with E-state index in [1.165, 1.54) is 42.5 Å². The monoisotopic (exact) mass is 274 g/mol. The van der Waals surface area contributed by atoms with E-state index in [1.807, 2.05) is 24.0 Å². The van der Waals surface area contributed by atoms with E-state index >= 15 is 0 Å². The van der Waals surface area contributed by atoms with Gasteiger partial charge < -0.3 is 5.32 Å². The summed E-state index contributed by atoms with van der Waals surface area (Å²) in [4.78, 5) is 4.38. The number of rotatable bonds is 8. The molecule has 0 saturated heterocycles. The van der Waals surface area contributed by atoms with Gasteiger partial charge >= 0.3 is 0 Å². The fraction of sp³-hybridized carbons (Fsp3) is 0.438. The van der Waals surface area contributed by atoms with Gasteiger partial charge in [-0.05, 0) is 37.0 Å². The van der Waals surface area contributed by atoms with Crippen molar-refractivity contribution in [1.29, 1.82) is 0 Å². The number of pyridine rings is 1. The number of fused-ring (bicyclic) bond motifs is 1. The number of para-hydroxylation sites is 1. The Morgan fingerprint density at radius 1 is 1.05 bits per heavy atom. The van der Waals surface area contributed by atoms with Crippen molar-refractivity contribution >= 4 is 28.4 Å². The zero-order valence-electron chi connectivity index (χ0n) is 11.6. The molecule has 1 aromatic carbocycles. The van der Waals surface area contributed by atoms with Gasteiger partial charge in [0.1, 0.15) is 0 Å². The highest BCUT2D eigenvalue weighted by Gasteiger charge is 1.99. The average Bonchev–Trinajstić information content (AvgIpc) is 2.46. The highest BCUT2D eigenvalue weighted by Crippen LogP contribution is 2.20. The molecule has 0 aliphatic heterocycles. The maximum absolute atomic E-state index is 4.38. The number of unbranched alkanes of at least 4 members (excludes halogenated alkanes) is 3. The van der Waals surface area contributed by atoms with Gasteiger partial charge in [-0.25, -0.2) is 0 Å². The number of hydrogen-bond donors (Lipinski definition) is 1. The van der Waals surface area contributed by atoms with E-state index in [0.29, 0.717) is 0 Å². The molecule has 19 heavy (non-hydrogen) atoms.